The maximum atomic E-state index is 11.3. The van der Waals surface area contributed by atoms with Gasteiger partial charge in [0.15, 0.2) is 0 Å². The van der Waals surface area contributed by atoms with Gasteiger partial charge in [0, 0.05) is 11.3 Å². The van der Waals surface area contributed by atoms with E-state index >= 15 is 0 Å². The van der Waals surface area contributed by atoms with Gasteiger partial charge in [-0.15, -0.1) is 21.5 Å². The summed E-state index contributed by atoms with van der Waals surface area (Å²) in [4.78, 5) is 15.3. The van der Waals surface area contributed by atoms with Gasteiger partial charge in [0.05, 0.1) is 6.61 Å². The first-order valence-corrected chi connectivity index (χ1v) is 5.78. The molecule has 0 unspecified atom stereocenters. The highest BCUT2D eigenvalue weighted by molar-refractivity contribution is 7.09. The van der Waals surface area contributed by atoms with E-state index in [1.807, 2.05) is 17.5 Å². The Labute approximate surface area is 96.5 Å². The van der Waals surface area contributed by atoms with Gasteiger partial charge in [-0.05, 0) is 18.4 Å². The summed E-state index contributed by atoms with van der Waals surface area (Å²) in [6, 6.07) is 3.99. The predicted octanol–water partition coefficient (Wildman–Crippen LogP) is 1.63. The van der Waals surface area contributed by atoms with Gasteiger partial charge in [0.1, 0.15) is 5.82 Å². The van der Waals surface area contributed by atoms with Gasteiger partial charge in [-0.1, -0.05) is 6.07 Å². The first-order chi connectivity index (χ1) is 7.79. The van der Waals surface area contributed by atoms with E-state index in [2.05, 4.69) is 15.2 Å². The Morgan fingerprint density at radius 2 is 2.44 bits per heavy atom. The lowest BCUT2D eigenvalue weighted by molar-refractivity contribution is 0.0512. The van der Waals surface area contributed by atoms with Crippen LogP contribution in [0.25, 0.3) is 0 Å². The van der Waals surface area contributed by atoms with Crippen molar-refractivity contribution >= 4 is 17.3 Å². The minimum Gasteiger partial charge on any atom is -0.460 e. The van der Waals surface area contributed by atoms with Crippen LogP contribution in [0.5, 0.6) is 0 Å². The molecule has 1 N–H and O–H groups in total. The van der Waals surface area contributed by atoms with E-state index in [9.17, 15) is 4.79 Å². The van der Waals surface area contributed by atoms with Crippen LogP contribution in [0, 0.1) is 0 Å². The smallest absolute Gasteiger partial charge is 0.376 e. The number of hydrogen-bond acceptors (Lipinski definition) is 5. The third-order valence-electron chi connectivity index (χ3n) is 1.92. The molecule has 0 fully saturated rings. The largest absolute Gasteiger partial charge is 0.460 e. The van der Waals surface area contributed by atoms with E-state index < -0.39 is 5.97 Å². The number of aromatic amines is 1. The van der Waals surface area contributed by atoms with Crippen molar-refractivity contribution in [3.63, 3.8) is 0 Å². The number of thiophene rings is 1. The molecule has 2 aromatic rings. The zero-order valence-corrected chi connectivity index (χ0v) is 9.58. The van der Waals surface area contributed by atoms with Crippen molar-refractivity contribution in [2.75, 3.05) is 6.61 Å². The molecular weight excluding hydrogens is 226 g/mol. The van der Waals surface area contributed by atoms with Crippen molar-refractivity contribution in [2.24, 2.45) is 0 Å². The molecule has 0 aromatic carbocycles. The predicted molar refractivity (Wildman–Crippen MR) is 59.5 cm³/mol. The van der Waals surface area contributed by atoms with Gasteiger partial charge in [0.25, 0.3) is 0 Å². The topological polar surface area (TPSA) is 67.9 Å². The number of hydrogen-bond donors (Lipinski definition) is 1. The molecule has 0 saturated heterocycles. The molecule has 16 heavy (non-hydrogen) atoms. The molecule has 0 aliphatic heterocycles. The number of esters is 1. The molecule has 2 heterocycles. The summed E-state index contributed by atoms with van der Waals surface area (Å²) in [7, 11) is 0. The van der Waals surface area contributed by atoms with Crippen LogP contribution in [-0.2, 0) is 11.2 Å². The molecule has 84 valence electrons. The van der Waals surface area contributed by atoms with E-state index in [-0.39, 0.29) is 5.82 Å². The Bertz CT molecular complexity index is 464. The highest BCUT2D eigenvalue weighted by atomic mass is 32.1. The Kier molecular flexibility index (Phi) is 3.31. The molecular formula is C10H11N3O2S. The molecule has 0 radical (unpaired) electrons. The summed E-state index contributed by atoms with van der Waals surface area (Å²) in [5, 5.41) is 9.63. The van der Waals surface area contributed by atoms with Crippen molar-refractivity contribution in [3.05, 3.63) is 34.0 Å². The Balaban J connectivity index is 2.05. The number of rotatable bonds is 4. The molecule has 0 saturated carbocycles. The fourth-order valence-electron chi connectivity index (χ4n) is 1.25. The van der Waals surface area contributed by atoms with E-state index in [1.54, 1.807) is 18.3 Å². The molecule has 0 atom stereocenters. The van der Waals surface area contributed by atoms with Gasteiger partial charge < -0.3 is 9.72 Å². The van der Waals surface area contributed by atoms with E-state index in [1.165, 1.54) is 4.88 Å². The molecule has 0 aliphatic rings. The van der Waals surface area contributed by atoms with Gasteiger partial charge >= 0.3 is 5.97 Å². The summed E-state index contributed by atoms with van der Waals surface area (Å²) in [5.74, 6) is 0.367. The number of nitrogens with one attached hydrogen (secondary N) is 1. The average Bonchev–Trinajstić information content (AvgIpc) is 2.90. The third kappa shape index (κ3) is 2.46. The first kappa shape index (κ1) is 10.8. The molecule has 0 bridgehead atoms. The summed E-state index contributed by atoms with van der Waals surface area (Å²) in [5.41, 5.74) is 0. The highest BCUT2D eigenvalue weighted by Crippen LogP contribution is 2.12. The standard InChI is InChI=1S/C10H11N3O2S/c1-2-15-10(14)9-11-8(12-13-9)6-7-4-3-5-16-7/h3-5H,2,6H2,1H3,(H,11,12,13). The molecule has 0 aliphatic carbocycles. The monoisotopic (exact) mass is 237 g/mol. The van der Waals surface area contributed by atoms with E-state index in [4.69, 9.17) is 4.74 Å². The number of nitrogens with zero attached hydrogens (tertiary/aromatic N) is 2. The van der Waals surface area contributed by atoms with Gasteiger partial charge in [0.2, 0.25) is 5.82 Å². The SMILES string of the molecule is CCOC(=O)c1nnc(Cc2cccs2)[nH]1. The maximum Gasteiger partial charge on any atom is 0.376 e. The molecule has 2 aromatic heterocycles. The van der Waals surface area contributed by atoms with Crippen LogP contribution >= 0.6 is 11.3 Å². The third-order valence-corrected chi connectivity index (χ3v) is 2.80. The maximum absolute atomic E-state index is 11.3. The number of carbonyl (C=O) groups excluding carboxylic acids is 1. The van der Waals surface area contributed by atoms with Gasteiger partial charge in [-0.3, -0.25) is 0 Å². The zero-order chi connectivity index (χ0) is 11.4. The minimum atomic E-state index is -0.465. The summed E-state index contributed by atoms with van der Waals surface area (Å²) in [6.45, 7) is 2.08. The van der Waals surface area contributed by atoms with Gasteiger partial charge in [-0.2, -0.15) is 0 Å². The summed E-state index contributed by atoms with van der Waals surface area (Å²) < 4.78 is 4.81. The second kappa shape index (κ2) is 4.89. The van der Waals surface area contributed by atoms with Crippen LogP contribution < -0.4 is 0 Å². The number of aromatic nitrogens is 3. The average molecular weight is 237 g/mol. The number of carbonyl (C=O) groups is 1. The molecule has 0 amide bonds. The lowest BCUT2D eigenvalue weighted by atomic mass is 10.3. The minimum absolute atomic E-state index is 0.161. The molecule has 5 nitrogen and oxygen atoms in total. The van der Waals surface area contributed by atoms with E-state index in [0.717, 1.165) is 0 Å². The quantitative estimate of drug-likeness (QED) is 0.821. The Hall–Kier alpha value is -1.69. The van der Waals surface area contributed by atoms with Crippen molar-refractivity contribution < 1.29 is 9.53 Å². The van der Waals surface area contributed by atoms with Crippen LogP contribution in [0.4, 0.5) is 0 Å². The van der Waals surface area contributed by atoms with Crippen LogP contribution in [0.2, 0.25) is 0 Å². The summed E-state index contributed by atoms with van der Waals surface area (Å²) >= 11 is 1.64. The normalized spacial score (nSPS) is 10.3. The number of H-pyrrole nitrogens is 1. The van der Waals surface area contributed by atoms with Crippen molar-refractivity contribution in [3.8, 4) is 0 Å². The Morgan fingerprint density at radius 3 is 3.12 bits per heavy atom. The second-order valence-electron chi connectivity index (χ2n) is 3.10. The summed E-state index contributed by atoms with van der Waals surface area (Å²) in [6.07, 6.45) is 0.657. The van der Waals surface area contributed by atoms with Crippen LogP contribution in [0.3, 0.4) is 0 Å². The lowest BCUT2D eigenvalue weighted by Crippen LogP contribution is -2.06. The van der Waals surface area contributed by atoms with Crippen molar-refractivity contribution in [1.29, 1.82) is 0 Å². The Morgan fingerprint density at radius 1 is 1.56 bits per heavy atom. The van der Waals surface area contributed by atoms with E-state index in [0.29, 0.717) is 18.9 Å². The van der Waals surface area contributed by atoms with Crippen molar-refractivity contribution in [1.82, 2.24) is 15.2 Å². The van der Waals surface area contributed by atoms with Crippen LogP contribution in [0.15, 0.2) is 17.5 Å². The zero-order valence-electron chi connectivity index (χ0n) is 8.77. The van der Waals surface area contributed by atoms with Crippen molar-refractivity contribution in [2.45, 2.75) is 13.3 Å². The van der Waals surface area contributed by atoms with Crippen LogP contribution in [-0.4, -0.2) is 27.8 Å². The first-order valence-electron chi connectivity index (χ1n) is 4.90. The highest BCUT2D eigenvalue weighted by Gasteiger charge is 2.12. The van der Waals surface area contributed by atoms with Gasteiger partial charge in [-0.25, -0.2) is 4.79 Å². The fourth-order valence-corrected chi connectivity index (χ4v) is 1.96. The molecule has 2 rings (SSSR count). The number of ether oxygens (including phenoxy) is 1. The molecule has 0 spiro atoms. The second-order valence-corrected chi connectivity index (χ2v) is 4.13. The lowest BCUT2D eigenvalue weighted by Gasteiger charge is -1.95. The van der Waals surface area contributed by atoms with Crippen LogP contribution in [0.1, 0.15) is 28.2 Å². The molecule has 6 heteroatoms. The fraction of sp³-hybridized carbons (Fsp3) is 0.300.